The third-order valence-corrected chi connectivity index (χ3v) is 5.48. The summed E-state index contributed by atoms with van der Waals surface area (Å²) in [6, 6.07) is 8.35. The van der Waals surface area contributed by atoms with Crippen molar-refractivity contribution in [2.45, 2.75) is 38.4 Å². The molecule has 6 nitrogen and oxygen atoms in total. The minimum Gasteiger partial charge on any atom is -0.497 e. The maximum absolute atomic E-state index is 5.58. The molecule has 140 valence electrons. The summed E-state index contributed by atoms with van der Waals surface area (Å²) in [6.45, 7) is 6.07. The van der Waals surface area contributed by atoms with Crippen LogP contribution in [0, 0.1) is 0 Å². The fourth-order valence-electron chi connectivity index (χ4n) is 4.12. The van der Waals surface area contributed by atoms with Crippen molar-refractivity contribution in [2.24, 2.45) is 0 Å². The molecule has 0 spiro atoms. The van der Waals surface area contributed by atoms with Crippen molar-refractivity contribution in [1.29, 1.82) is 0 Å². The topological polar surface area (TPSA) is 51.6 Å². The average molecular weight is 356 g/mol. The second-order valence-corrected chi connectivity index (χ2v) is 7.21. The summed E-state index contributed by atoms with van der Waals surface area (Å²) >= 11 is 0. The molecule has 2 aromatic rings. The van der Waals surface area contributed by atoms with Gasteiger partial charge in [-0.15, -0.1) is 0 Å². The Bertz CT molecular complexity index is 735. The van der Waals surface area contributed by atoms with E-state index in [-0.39, 0.29) is 0 Å². The zero-order valence-corrected chi connectivity index (χ0v) is 15.7. The third kappa shape index (κ3) is 3.57. The molecule has 1 N–H and O–H groups in total. The molecule has 0 saturated carbocycles. The number of nitrogens with zero attached hydrogens (tertiary/aromatic N) is 3. The van der Waals surface area contributed by atoms with Crippen LogP contribution in [0.2, 0.25) is 0 Å². The first kappa shape index (κ1) is 17.4. The van der Waals surface area contributed by atoms with E-state index >= 15 is 0 Å². The van der Waals surface area contributed by atoms with Crippen molar-refractivity contribution < 1.29 is 9.47 Å². The van der Waals surface area contributed by atoms with E-state index in [9.17, 15) is 0 Å². The summed E-state index contributed by atoms with van der Waals surface area (Å²) in [6.07, 6.45) is 2.29. The SMILES string of the molecule is COc1ccc(OC)c([C@H]2CCN(Cc3cc4n(n3)CCCNC4)C2)c1. The van der Waals surface area contributed by atoms with Crippen molar-refractivity contribution in [3.8, 4) is 11.5 Å². The van der Waals surface area contributed by atoms with Crippen LogP contribution < -0.4 is 14.8 Å². The zero-order valence-electron chi connectivity index (χ0n) is 15.7. The maximum atomic E-state index is 5.58. The fourth-order valence-corrected chi connectivity index (χ4v) is 4.12. The number of aryl methyl sites for hydroxylation is 1. The molecule has 4 rings (SSSR count). The Kier molecular flexibility index (Phi) is 5.13. The van der Waals surface area contributed by atoms with E-state index in [4.69, 9.17) is 14.6 Å². The van der Waals surface area contributed by atoms with Crippen LogP contribution in [0.5, 0.6) is 11.5 Å². The van der Waals surface area contributed by atoms with E-state index in [2.05, 4.69) is 27.0 Å². The van der Waals surface area contributed by atoms with E-state index in [0.717, 1.165) is 63.6 Å². The van der Waals surface area contributed by atoms with Crippen molar-refractivity contribution in [1.82, 2.24) is 20.0 Å². The normalized spacial score (nSPS) is 20.6. The monoisotopic (exact) mass is 356 g/mol. The predicted molar refractivity (Wildman–Crippen MR) is 101 cm³/mol. The summed E-state index contributed by atoms with van der Waals surface area (Å²) in [7, 11) is 3.45. The van der Waals surface area contributed by atoms with Gasteiger partial charge in [0.05, 0.1) is 25.6 Å². The lowest BCUT2D eigenvalue weighted by Gasteiger charge is -2.17. The molecule has 2 aliphatic heterocycles. The smallest absolute Gasteiger partial charge is 0.122 e. The first-order valence-electron chi connectivity index (χ1n) is 9.47. The molecule has 0 unspecified atom stereocenters. The summed E-state index contributed by atoms with van der Waals surface area (Å²) in [4.78, 5) is 2.50. The highest BCUT2D eigenvalue weighted by atomic mass is 16.5. The van der Waals surface area contributed by atoms with E-state index < -0.39 is 0 Å². The number of methoxy groups -OCH3 is 2. The Labute approximate surface area is 155 Å². The van der Waals surface area contributed by atoms with Gasteiger partial charge in [0.2, 0.25) is 0 Å². The third-order valence-electron chi connectivity index (χ3n) is 5.48. The van der Waals surface area contributed by atoms with Gasteiger partial charge in [0.25, 0.3) is 0 Å². The Balaban J connectivity index is 1.44. The molecule has 0 amide bonds. The van der Waals surface area contributed by atoms with Crippen LogP contribution in [0.1, 0.15) is 35.7 Å². The summed E-state index contributed by atoms with van der Waals surface area (Å²) in [5.74, 6) is 2.32. The van der Waals surface area contributed by atoms with Gasteiger partial charge >= 0.3 is 0 Å². The van der Waals surface area contributed by atoms with E-state index in [1.165, 1.54) is 17.0 Å². The zero-order chi connectivity index (χ0) is 17.9. The van der Waals surface area contributed by atoms with Crippen molar-refractivity contribution >= 4 is 0 Å². The molecule has 26 heavy (non-hydrogen) atoms. The molecule has 1 fully saturated rings. The number of ether oxygens (including phenoxy) is 2. The summed E-state index contributed by atoms with van der Waals surface area (Å²) in [5.41, 5.74) is 3.74. The molecule has 1 atom stereocenters. The van der Waals surface area contributed by atoms with Crippen molar-refractivity contribution in [2.75, 3.05) is 33.9 Å². The lowest BCUT2D eigenvalue weighted by molar-refractivity contribution is 0.319. The van der Waals surface area contributed by atoms with E-state index in [1.54, 1.807) is 14.2 Å². The van der Waals surface area contributed by atoms with Crippen LogP contribution in [0.4, 0.5) is 0 Å². The second-order valence-electron chi connectivity index (χ2n) is 7.21. The largest absolute Gasteiger partial charge is 0.497 e. The Morgan fingerprint density at radius 3 is 2.96 bits per heavy atom. The molecule has 1 aromatic heterocycles. The number of nitrogens with one attached hydrogen (secondary N) is 1. The number of likely N-dealkylation sites (tertiary alicyclic amines) is 1. The number of benzene rings is 1. The van der Waals surface area contributed by atoms with Crippen LogP contribution in [0.25, 0.3) is 0 Å². The van der Waals surface area contributed by atoms with Crippen LogP contribution in [0.3, 0.4) is 0 Å². The molecule has 0 aliphatic carbocycles. The average Bonchev–Trinajstić information content (AvgIpc) is 3.22. The minimum absolute atomic E-state index is 0.474. The standard InChI is InChI=1S/C20H28N4O2/c1-25-18-4-5-20(26-2)19(11-18)15-6-9-23(13-15)14-16-10-17-12-21-7-3-8-24(17)22-16/h4-5,10-11,15,21H,3,6-9,12-14H2,1-2H3/t15-/m0/s1. The molecule has 1 saturated heterocycles. The van der Waals surface area contributed by atoms with Gasteiger partial charge in [0, 0.05) is 37.7 Å². The molecular formula is C20H28N4O2. The van der Waals surface area contributed by atoms with Crippen LogP contribution in [-0.4, -0.2) is 48.5 Å². The highest BCUT2D eigenvalue weighted by Crippen LogP contribution is 2.36. The Morgan fingerprint density at radius 1 is 1.19 bits per heavy atom. The van der Waals surface area contributed by atoms with Gasteiger partial charge in [0.1, 0.15) is 11.5 Å². The van der Waals surface area contributed by atoms with Gasteiger partial charge in [-0.1, -0.05) is 0 Å². The van der Waals surface area contributed by atoms with Gasteiger partial charge < -0.3 is 14.8 Å². The molecule has 3 heterocycles. The number of hydrogen-bond donors (Lipinski definition) is 1. The lowest BCUT2D eigenvalue weighted by Crippen LogP contribution is -2.20. The molecule has 1 aromatic carbocycles. The first-order valence-corrected chi connectivity index (χ1v) is 9.47. The summed E-state index contributed by atoms with van der Waals surface area (Å²) in [5, 5.41) is 8.29. The number of fused-ring (bicyclic) bond motifs is 1. The van der Waals surface area contributed by atoms with Gasteiger partial charge in [-0.2, -0.15) is 5.10 Å². The number of rotatable bonds is 5. The molecule has 6 heteroatoms. The molecular weight excluding hydrogens is 328 g/mol. The minimum atomic E-state index is 0.474. The van der Waals surface area contributed by atoms with Gasteiger partial charge in [-0.25, -0.2) is 0 Å². The van der Waals surface area contributed by atoms with E-state index in [0.29, 0.717) is 5.92 Å². The van der Waals surface area contributed by atoms with Crippen LogP contribution >= 0.6 is 0 Å². The molecule has 0 bridgehead atoms. The van der Waals surface area contributed by atoms with Crippen LogP contribution in [-0.2, 0) is 19.6 Å². The number of aromatic nitrogens is 2. The van der Waals surface area contributed by atoms with Crippen LogP contribution in [0.15, 0.2) is 24.3 Å². The van der Waals surface area contributed by atoms with Crippen molar-refractivity contribution in [3.05, 3.63) is 41.2 Å². The highest BCUT2D eigenvalue weighted by Gasteiger charge is 2.27. The summed E-state index contributed by atoms with van der Waals surface area (Å²) < 4.78 is 13.2. The predicted octanol–water partition coefficient (Wildman–Crippen LogP) is 2.38. The Morgan fingerprint density at radius 2 is 2.12 bits per heavy atom. The first-order chi connectivity index (χ1) is 12.8. The lowest BCUT2D eigenvalue weighted by atomic mass is 9.97. The maximum Gasteiger partial charge on any atom is 0.122 e. The van der Waals surface area contributed by atoms with E-state index in [1.807, 2.05) is 12.1 Å². The second kappa shape index (κ2) is 7.68. The van der Waals surface area contributed by atoms with Gasteiger partial charge in [-0.05, 0) is 50.2 Å². The number of hydrogen-bond acceptors (Lipinski definition) is 5. The highest BCUT2D eigenvalue weighted by molar-refractivity contribution is 5.43. The fraction of sp³-hybridized carbons (Fsp3) is 0.550. The van der Waals surface area contributed by atoms with Gasteiger partial charge in [0.15, 0.2) is 0 Å². The quantitative estimate of drug-likeness (QED) is 0.891. The molecule has 2 aliphatic rings. The van der Waals surface area contributed by atoms with Crippen molar-refractivity contribution in [3.63, 3.8) is 0 Å². The Hall–Kier alpha value is -2.05. The van der Waals surface area contributed by atoms with Gasteiger partial charge in [-0.3, -0.25) is 9.58 Å². The molecule has 0 radical (unpaired) electrons.